The first-order chi connectivity index (χ1) is 9.78. The molecule has 1 aliphatic rings. The SMILES string of the molecule is COc1ncccc1CNC1CCCc2sc(Br)cc21. The van der Waals surface area contributed by atoms with Gasteiger partial charge in [0.05, 0.1) is 10.9 Å². The molecule has 0 fully saturated rings. The molecule has 2 aromatic heterocycles. The average molecular weight is 353 g/mol. The molecule has 0 saturated carbocycles. The molecule has 106 valence electrons. The number of hydrogen-bond acceptors (Lipinski definition) is 4. The Hall–Kier alpha value is -0.910. The second kappa shape index (κ2) is 6.24. The molecule has 3 nitrogen and oxygen atoms in total. The van der Waals surface area contributed by atoms with E-state index in [1.807, 2.05) is 17.4 Å². The Labute approximate surface area is 131 Å². The van der Waals surface area contributed by atoms with E-state index in [1.165, 1.54) is 33.5 Å². The number of hydrogen-bond donors (Lipinski definition) is 1. The first-order valence-corrected chi connectivity index (χ1v) is 8.38. The molecule has 1 N–H and O–H groups in total. The summed E-state index contributed by atoms with van der Waals surface area (Å²) in [6.07, 6.45) is 5.41. The fourth-order valence-electron chi connectivity index (χ4n) is 2.71. The van der Waals surface area contributed by atoms with Crippen molar-refractivity contribution in [1.82, 2.24) is 10.3 Å². The molecule has 0 bridgehead atoms. The van der Waals surface area contributed by atoms with E-state index in [1.54, 1.807) is 13.3 Å². The third-order valence-corrected chi connectivity index (χ3v) is 5.38. The van der Waals surface area contributed by atoms with Gasteiger partial charge in [0.2, 0.25) is 5.88 Å². The topological polar surface area (TPSA) is 34.1 Å². The van der Waals surface area contributed by atoms with Crippen LogP contribution in [-0.4, -0.2) is 12.1 Å². The summed E-state index contributed by atoms with van der Waals surface area (Å²) in [5.74, 6) is 0.711. The smallest absolute Gasteiger partial charge is 0.217 e. The highest BCUT2D eigenvalue weighted by atomic mass is 79.9. The van der Waals surface area contributed by atoms with Crippen LogP contribution in [0.3, 0.4) is 0 Å². The number of halogens is 1. The number of aryl methyl sites for hydroxylation is 1. The van der Waals surface area contributed by atoms with Crippen LogP contribution in [-0.2, 0) is 13.0 Å². The van der Waals surface area contributed by atoms with Gasteiger partial charge in [-0.15, -0.1) is 11.3 Å². The van der Waals surface area contributed by atoms with Crippen LogP contribution in [0.1, 0.15) is 34.9 Å². The average Bonchev–Trinajstić information content (AvgIpc) is 2.86. The van der Waals surface area contributed by atoms with Gasteiger partial charge in [-0.05, 0) is 52.9 Å². The zero-order chi connectivity index (χ0) is 13.9. The summed E-state index contributed by atoms with van der Waals surface area (Å²) < 4.78 is 6.53. The monoisotopic (exact) mass is 352 g/mol. The molecular weight excluding hydrogens is 336 g/mol. The van der Waals surface area contributed by atoms with Crippen LogP contribution in [0.5, 0.6) is 5.88 Å². The molecule has 0 aliphatic heterocycles. The molecule has 1 atom stereocenters. The van der Waals surface area contributed by atoms with Gasteiger partial charge in [0.1, 0.15) is 0 Å². The summed E-state index contributed by atoms with van der Waals surface area (Å²) in [6.45, 7) is 0.786. The summed E-state index contributed by atoms with van der Waals surface area (Å²) in [6, 6.07) is 6.71. The lowest BCUT2D eigenvalue weighted by molar-refractivity contribution is 0.386. The Kier molecular flexibility index (Phi) is 4.38. The van der Waals surface area contributed by atoms with Gasteiger partial charge >= 0.3 is 0 Å². The van der Waals surface area contributed by atoms with Crippen molar-refractivity contribution in [3.05, 3.63) is 44.2 Å². The van der Waals surface area contributed by atoms with Crippen LogP contribution in [0.15, 0.2) is 28.2 Å². The minimum Gasteiger partial charge on any atom is -0.481 e. The highest BCUT2D eigenvalue weighted by Gasteiger charge is 2.22. The minimum atomic E-state index is 0.436. The van der Waals surface area contributed by atoms with Crippen LogP contribution >= 0.6 is 27.3 Å². The minimum absolute atomic E-state index is 0.436. The van der Waals surface area contributed by atoms with E-state index in [0.717, 1.165) is 12.1 Å². The van der Waals surface area contributed by atoms with Crippen molar-refractivity contribution in [3.63, 3.8) is 0 Å². The standard InChI is InChI=1S/C15H17BrN2OS/c1-19-15-10(4-3-7-17-15)9-18-12-5-2-6-13-11(12)8-14(16)20-13/h3-4,7-8,12,18H,2,5-6,9H2,1H3. The number of thiophene rings is 1. The molecule has 5 heteroatoms. The maximum absolute atomic E-state index is 5.30. The van der Waals surface area contributed by atoms with Crippen molar-refractivity contribution >= 4 is 27.3 Å². The summed E-state index contributed by atoms with van der Waals surface area (Å²) in [5, 5.41) is 3.65. The number of ether oxygens (including phenoxy) is 1. The van der Waals surface area contributed by atoms with Gasteiger partial charge in [-0.1, -0.05) is 6.07 Å². The molecule has 0 aromatic carbocycles. The molecule has 1 unspecified atom stereocenters. The first-order valence-electron chi connectivity index (χ1n) is 6.77. The lowest BCUT2D eigenvalue weighted by Gasteiger charge is -2.24. The Morgan fingerprint density at radius 3 is 3.30 bits per heavy atom. The zero-order valence-electron chi connectivity index (χ0n) is 11.4. The van der Waals surface area contributed by atoms with E-state index in [4.69, 9.17) is 4.74 Å². The van der Waals surface area contributed by atoms with E-state index < -0.39 is 0 Å². The van der Waals surface area contributed by atoms with Gasteiger partial charge < -0.3 is 10.1 Å². The van der Waals surface area contributed by atoms with E-state index in [9.17, 15) is 0 Å². The zero-order valence-corrected chi connectivity index (χ0v) is 13.8. The largest absolute Gasteiger partial charge is 0.481 e. The maximum Gasteiger partial charge on any atom is 0.217 e. The second-order valence-electron chi connectivity index (χ2n) is 4.93. The Bertz CT molecular complexity index is 599. The number of rotatable bonds is 4. The van der Waals surface area contributed by atoms with Gasteiger partial charge in [0.15, 0.2) is 0 Å². The van der Waals surface area contributed by atoms with Crippen LogP contribution in [0.2, 0.25) is 0 Å². The Morgan fingerprint density at radius 2 is 2.45 bits per heavy atom. The highest BCUT2D eigenvalue weighted by Crippen LogP contribution is 2.38. The van der Waals surface area contributed by atoms with Crippen molar-refractivity contribution in [3.8, 4) is 5.88 Å². The Morgan fingerprint density at radius 1 is 1.55 bits per heavy atom. The summed E-state index contributed by atoms with van der Waals surface area (Å²) >= 11 is 5.46. The van der Waals surface area contributed by atoms with Crippen molar-refractivity contribution in [1.29, 1.82) is 0 Å². The van der Waals surface area contributed by atoms with E-state index in [0.29, 0.717) is 11.9 Å². The number of nitrogens with zero attached hydrogens (tertiary/aromatic N) is 1. The fourth-order valence-corrected chi connectivity index (χ4v) is 4.53. The molecule has 0 amide bonds. The molecule has 0 spiro atoms. The summed E-state index contributed by atoms with van der Waals surface area (Å²) in [7, 11) is 1.67. The molecule has 1 aliphatic carbocycles. The van der Waals surface area contributed by atoms with Gasteiger partial charge in [-0.3, -0.25) is 0 Å². The van der Waals surface area contributed by atoms with Crippen LogP contribution < -0.4 is 10.1 Å². The third kappa shape index (κ3) is 2.90. The maximum atomic E-state index is 5.30. The molecule has 3 rings (SSSR count). The first kappa shape index (κ1) is 14.0. The van der Waals surface area contributed by atoms with Crippen molar-refractivity contribution in [2.75, 3.05) is 7.11 Å². The fraction of sp³-hybridized carbons (Fsp3) is 0.400. The number of fused-ring (bicyclic) bond motifs is 1. The third-order valence-electron chi connectivity index (χ3n) is 3.67. The van der Waals surface area contributed by atoms with Gasteiger partial charge in [0.25, 0.3) is 0 Å². The van der Waals surface area contributed by atoms with Crippen molar-refractivity contribution in [2.45, 2.75) is 31.8 Å². The molecule has 2 heterocycles. The molecule has 20 heavy (non-hydrogen) atoms. The van der Waals surface area contributed by atoms with Gasteiger partial charge in [-0.25, -0.2) is 4.98 Å². The molecule has 0 saturated heterocycles. The van der Waals surface area contributed by atoms with E-state index in [-0.39, 0.29) is 0 Å². The quantitative estimate of drug-likeness (QED) is 0.899. The molecular formula is C15H17BrN2OS. The number of pyridine rings is 1. The van der Waals surface area contributed by atoms with Gasteiger partial charge in [0, 0.05) is 29.2 Å². The van der Waals surface area contributed by atoms with Crippen LogP contribution in [0.4, 0.5) is 0 Å². The van der Waals surface area contributed by atoms with Crippen molar-refractivity contribution in [2.24, 2.45) is 0 Å². The second-order valence-corrected chi connectivity index (χ2v) is 7.44. The van der Waals surface area contributed by atoms with E-state index >= 15 is 0 Å². The Balaban J connectivity index is 1.73. The normalized spacial score (nSPS) is 17.8. The molecule has 0 radical (unpaired) electrons. The van der Waals surface area contributed by atoms with Crippen LogP contribution in [0, 0.1) is 0 Å². The highest BCUT2D eigenvalue weighted by molar-refractivity contribution is 9.11. The predicted octanol–water partition coefficient (Wildman–Crippen LogP) is 4.08. The lowest BCUT2D eigenvalue weighted by atomic mass is 9.94. The van der Waals surface area contributed by atoms with Crippen LogP contribution in [0.25, 0.3) is 0 Å². The van der Waals surface area contributed by atoms with Crippen molar-refractivity contribution < 1.29 is 4.74 Å². The number of nitrogens with one attached hydrogen (secondary N) is 1. The lowest BCUT2D eigenvalue weighted by Crippen LogP contribution is -2.24. The number of aromatic nitrogens is 1. The number of methoxy groups -OCH3 is 1. The van der Waals surface area contributed by atoms with E-state index in [2.05, 4.69) is 38.4 Å². The summed E-state index contributed by atoms with van der Waals surface area (Å²) in [5.41, 5.74) is 2.56. The molecule has 2 aromatic rings. The van der Waals surface area contributed by atoms with Gasteiger partial charge in [-0.2, -0.15) is 0 Å². The predicted molar refractivity (Wildman–Crippen MR) is 85.3 cm³/mol. The summed E-state index contributed by atoms with van der Waals surface area (Å²) in [4.78, 5) is 5.75.